The molecule has 0 saturated carbocycles. The zero-order chi connectivity index (χ0) is 14.4. The average molecular weight is 275 g/mol. The number of carbonyl (C=O) groups excluding carboxylic acids is 1. The van der Waals surface area contributed by atoms with Crippen molar-refractivity contribution in [2.75, 3.05) is 23.3 Å². The zero-order valence-electron chi connectivity index (χ0n) is 12.3. The molecule has 2 rings (SSSR count). The average Bonchev–Trinajstić information content (AvgIpc) is 2.99. The summed E-state index contributed by atoms with van der Waals surface area (Å²) in [6.45, 7) is 4.23. The van der Waals surface area contributed by atoms with Gasteiger partial charge in [-0.1, -0.05) is 31.9 Å². The van der Waals surface area contributed by atoms with Gasteiger partial charge in [0.25, 0.3) is 0 Å². The molecule has 1 amide bonds. The fourth-order valence-corrected chi connectivity index (χ4v) is 2.59. The molecule has 20 heavy (non-hydrogen) atoms. The number of rotatable bonds is 6. The fourth-order valence-electron chi connectivity index (χ4n) is 2.59. The minimum Gasteiger partial charge on any atom is -0.370 e. The molecule has 0 radical (unpaired) electrons. The van der Waals surface area contributed by atoms with Crippen LogP contribution < -0.4 is 16.0 Å². The summed E-state index contributed by atoms with van der Waals surface area (Å²) in [5, 5.41) is 2.99. The van der Waals surface area contributed by atoms with Gasteiger partial charge in [-0.05, 0) is 31.4 Å². The number of hydrogen-bond acceptors (Lipinski definition) is 3. The maximum Gasteiger partial charge on any atom is 0.241 e. The van der Waals surface area contributed by atoms with E-state index in [-0.39, 0.29) is 5.91 Å². The second-order valence-electron chi connectivity index (χ2n) is 5.45. The zero-order valence-corrected chi connectivity index (χ0v) is 12.3. The van der Waals surface area contributed by atoms with Crippen molar-refractivity contribution in [3.8, 4) is 0 Å². The van der Waals surface area contributed by atoms with Crippen LogP contribution in [-0.4, -0.2) is 25.0 Å². The minimum atomic E-state index is -0.415. The van der Waals surface area contributed by atoms with Crippen LogP contribution in [0.2, 0.25) is 0 Å². The number of nitrogens with one attached hydrogen (secondary N) is 1. The number of nitrogens with two attached hydrogens (primary N) is 1. The largest absolute Gasteiger partial charge is 0.370 e. The third-order valence-electron chi connectivity index (χ3n) is 3.81. The van der Waals surface area contributed by atoms with Crippen LogP contribution in [0.3, 0.4) is 0 Å². The van der Waals surface area contributed by atoms with Gasteiger partial charge in [0, 0.05) is 13.1 Å². The first-order valence-corrected chi connectivity index (χ1v) is 7.62. The fraction of sp³-hybridized carbons (Fsp3) is 0.562. The van der Waals surface area contributed by atoms with Crippen LogP contribution >= 0.6 is 0 Å². The van der Waals surface area contributed by atoms with Crippen LogP contribution in [-0.2, 0) is 4.79 Å². The van der Waals surface area contributed by atoms with E-state index in [1.165, 1.54) is 12.8 Å². The molecule has 1 atom stereocenters. The number of carbonyl (C=O) groups is 1. The molecule has 1 heterocycles. The third kappa shape index (κ3) is 3.73. The third-order valence-corrected chi connectivity index (χ3v) is 3.81. The number of hydrogen-bond donors (Lipinski definition) is 2. The van der Waals surface area contributed by atoms with E-state index in [9.17, 15) is 4.79 Å². The molecular formula is C16H25N3O. The van der Waals surface area contributed by atoms with E-state index in [0.29, 0.717) is 0 Å². The van der Waals surface area contributed by atoms with Crippen molar-refractivity contribution in [2.24, 2.45) is 5.73 Å². The molecule has 1 aliphatic heterocycles. The van der Waals surface area contributed by atoms with Crippen LogP contribution in [0.1, 0.15) is 39.0 Å². The summed E-state index contributed by atoms with van der Waals surface area (Å²) in [5.41, 5.74) is 7.92. The van der Waals surface area contributed by atoms with Crippen LogP contribution in [0.4, 0.5) is 11.4 Å². The topological polar surface area (TPSA) is 58.4 Å². The Morgan fingerprint density at radius 3 is 2.75 bits per heavy atom. The van der Waals surface area contributed by atoms with E-state index < -0.39 is 6.04 Å². The molecule has 0 bridgehead atoms. The maximum absolute atomic E-state index is 12.1. The standard InChI is InChI=1S/C16H25N3O/c1-2-3-8-13(17)16(20)18-14-9-4-5-10-15(14)19-11-6-7-12-19/h4-5,9-10,13H,2-3,6-8,11-12,17H2,1H3,(H,18,20)/t13-/m0/s1. The summed E-state index contributed by atoms with van der Waals surface area (Å²) in [5.74, 6) is -0.0786. The molecule has 4 nitrogen and oxygen atoms in total. The first-order valence-electron chi connectivity index (χ1n) is 7.62. The van der Waals surface area contributed by atoms with Gasteiger partial charge in [0.05, 0.1) is 17.4 Å². The molecule has 1 aromatic rings. The highest BCUT2D eigenvalue weighted by molar-refractivity contribution is 5.97. The van der Waals surface area contributed by atoms with E-state index in [1.807, 2.05) is 18.2 Å². The van der Waals surface area contributed by atoms with Crippen molar-refractivity contribution >= 4 is 17.3 Å². The van der Waals surface area contributed by atoms with E-state index in [2.05, 4.69) is 23.2 Å². The van der Waals surface area contributed by atoms with E-state index in [1.54, 1.807) is 0 Å². The smallest absolute Gasteiger partial charge is 0.241 e. The summed E-state index contributed by atoms with van der Waals surface area (Å²) < 4.78 is 0. The molecule has 0 aliphatic carbocycles. The van der Waals surface area contributed by atoms with Gasteiger partial charge in [0.1, 0.15) is 0 Å². The predicted molar refractivity (Wildman–Crippen MR) is 84.0 cm³/mol. The van der Waals surface area contributed by atoms with Crippen molar-refractivity contribution in [2.45, 2.75) is 45.1 Å². The highest BCUT2D eigenvalue weighted by Crippen LogP contribution is 2.28. The number of unbranched alkanes of at least 4 members (excludes halogenated alkanes) is 1. The Labute approximate surface area is 121 Å². The molecule has 4 heteroatoms. The molecule has 0 aromatic heterocycles. The normalized spacial score (nSPS) is 16.2. The van der Waals surface area contributed by atoms with Crippen molar-refractivity contribution in [3.63, 3.8) is 0 Å². The van der Waals surface area contributed by atoms with Crippen molar-refractivity contribution in [1.82, 2.24) is 0 Å². The highest BCUT2D eigenvalue weighted by Gasteiger charge is 2.18. The first-order chi connectivity index (χ1) is 9.72. The van der Waals surface area contributed by atoms with Gasteiger partial charge in [0.2, 0.25) is 5.91 Å². The first kappa shape index (κ1) is 14.9. The Bertz CT molecular complexity index is 441. The maximum atomic E-state index is 12.1. The van der Waals surface area contributed by atoms with Crippen molar-refractivity contribution in [3.05, 3.63) is 24.3 Å². The summed E-state index contributed by atoms with van der Waals surface area (Å²) in [7, 11) is 0. The lowest BCUT2D eigenvalue weighted by Gasteiger charge is -2.22. The van der Waals surface area contributed by atoms with Crippen LogP contribution in [0, 0.1) is 0 Å². The summed E-state index contributed by atoms with van der Waals surface area (Å²) in [6.07, 6.45) is 5.23. The molecule has 1 fully saturated rings. The van der Waals surface area contributed by atoms with Crippen LogP contribution in [0.15, 0.2) is 24.3 Å². The Morgan fingerprint density at radius 2 is 2.05 bits per heavy atom. The Balaban J connectivity index is 2.03. The van der Waals surface area contributed by atoms with Gasteiger partial charge in [0.15, 0.2) is 0 Å². The van der Waals surface area contributed by atoms with E-state index in [0.717, 1.165) is 43.7 Å². The Hall–Kier alpha value is -1.55. The molecule has 1 aliphatic rings. The molecule has 0 unspecified atom stereocenters. The van der Waals surface area contributed by atoms with Crippen LogP contribution in [0.25, 0.3) is 0 Å². The quantitative estimate of drug-likeness (QED) is 0.839. The molecule has 3 N–H and O–H groups in total. The molecule has 0 spiro atoms. The summed E-state index contributed by atoms with van der Waals surface area (Å²) in [4.78, 5) is 14.5. The van der Waals surface area contributed by atoms with Gasteiger partial charge in [-0.15, -0.1) is 0 Å². The lowest BCUT2D eigenvalue weighted by Crippen LogP contribution is -2.36. The lowest BCUT2D eigenvalue weighted by molar-refractivity contribution is -0.117. The van der Waals surface area contributed by atoms with Gasteiger partial charge in [-0.25, -0.2) is 0 Å². The Morgan fingerprint density at radius 1 is 1.35 bits per heavy atom. The molecule has 1 saturated heterocycles. The number of amides is 1. The lowest BCUT2D eigenvalue weighted by atomic mass is 10.1. The van der Waals surface area contributed by atoms with E-state index in [4.69, 9.17) is 5.73 Å². The second-order valence-corrected chi connectivity index (χ2v) is 5.45. The second kappa shape index (κ2) is 7.29. The number of nitrogens with zero attached hydrogens (tertiary/aromatic N) is 1. The molecule has 110 valence electrons. The number of anilines is 2. The van der Waals surface area contributed by atoms with Crippen molar-refractivity contribution < 1.29 is 4.79 Å². The van der Waals surface area contributed by atoms with Gasteiger partial charge < -0.3 is 16.0 Å². The Kier molecular flexibility index (Phi) is 5.41. The predicted octanol–water partition coefficient (Wildman–Crippen LogP) is 2.74. The van der Waals surface area contributed by atoms with Crippen molar-refractivity contribution in [1.29, 1.82) is 0 Å². The van der Waals surface area contributed by atoms with Gasteiger partial charge >= 0.3 is 0 Å². The SMILES string of the molecule is CCCC[C@H](N)C(=O)Nc1ccccc1N1CCCC1. The van der Waals surface area contributed by atoms with Crippen LogP contribution in [0.5, 0.6) is 0 Å². The monoisotopic (exact) mass is 275 g/mol. The van der Waals surface area contributed by atoms with Gasteiger partial charge in [-0.2, -0.15) is 0 Å². The highest BCUT2D eigenvalue weighted by atomic mass is 16.2. The molecular weight excluding hydrogens is 250 g/mol. The minimum absolute atomic E-state index is 0.0786. The summed E-state index contributed by atoms with van der Waals surface area (Å²) in [6, 6.07) is 7.57. The van der Waals surface area contributed by atoms with E-state index >= 15 is 0 Å². The number of para-hydroxylation sites is 2. The number of benzene rings is 1. The van der Waals surface area contributed by atoms with Gasteiger partial charge in [-0.3, -0.25) is 4.79 Å². The summed E-state index contributed by atoms with van der Waals surface area (Å²) >= 11 is 0. The molecule has 1 aromatic carbocycles.